The van der Waals surface area contributed by atoms with Gasteiger partial charge in [-0.15, -0.1) is 0 Å². The smallest absolute Gasteiger partial charge is 0.410 e. The molecular formula is C10H11NO3. The van der Waals surface area contributed by atoms with Crippen molar-refractivity contribution in [2.75, 3.05) is 6.54 Å². The van der Waals surface area contributed by atoms with Crippen LogP contribution in [0.1, 0.15) is 6.42 Å². The molecule has 0 radical (unpaired) electrons. The van der Waals surface area contributed by atoms with Crippen molar-refractivity contribution >= 4 is 6.09 Å². The van der Waals surface area contributed by atoms with Crippen LogP contribution in [0.15, 0.2) is 30.3 Å². The summed E-state index contributed by atoms with van der Waals surface area (Å²) in [4.78, 5) is 11.9. The SMILES string of the molecule is O=C(O)N1CCC1Oc1ccccc1. The summed E-state index contributed by atoms with van der Waals surface area (Å²) in [6.07, 6.45) is -0.464. The summed E-state index contributed by atoms with van der Waals surface area (Å²) in [5.74, 6) is 0.712. The number of rotatable bonds is 2. The summed E-state index contributed by atoms with van der Waals surface area (Å²) < 4.78 is 5.47. The number of para-hydroxylation sites is 1. The summed E-state index contributed by atoms with van der Waals surface area (Å²) in [6.45, 7) is 0.562. The van der Waals surface area contributed by atoms with Crippen LogP contribution in [0.5, 0.6) is 5.75 Å². The Balaban J connectivity index is 1.96. The van der Waals surface area contributed by atoms with Gasteiger partial charge < -0.3 is 9.84 Å². The molecule has 4 nitrogen and oxygen atoms in total. The van der Waals surface area contributed by atoms with Crippen LogP contribution in [-0.2, 0) is 0 Å². The number of likely N-dealkylation sites (tertiary alicyclic amines) is 1. The van der Waals surface area contributed by atoms with E-state index in [1.165, 1.54) is 4.90 Å². The molecule has 1 aliphatic rings. The van der Waals surface area contributed by atoms with Crippen molar-refractivity contribution in [1.29, 1.82) is 0 Å². The second-order valence-electron chi connectivity index (χ2n) is 3.15. The van der Waals surface area contributed by atoms with Gasteiger partial charge in [-0.1, -0.05) is 18.2 Å². The highest BCUT2D eigenvalue weighted by atomic mass is 16.5. The predicted octanol–water partition coefficient (Wildman–Crippen LogP) is 1.78. The molecule has 1 unspecified atom stereocenters. The molecule has 4 heteroatoms. The lowest BCUT2D eigenvalue weighted by atomic mass is 10.2. The van der Waals surface area contributed by atoms with E-state index in [-0.39, 0.29) is 6.23 Å². The van der Waals surface area contributed by atoms with E-state index >= 15 is 0 Å². The Morgan fingerprint density at radius 3 is 2.64 bits per heavy atom. The van der Waals surface area contributed by atoms with Crippen LogP contribution < -0.4 is 4.74 Å². The van der Waals surface area contributed by atoms with Gasteiger partial charge in [-0.25, -0.2) is 4.79 Å². The predicted molar refractivity (Wildman–Crippen MR) is 50.2 cm³/mol. The Hall–Kier alpha value is -1.71. The normalized spacial score (nSPS) is 20.0. The number of amides is 1. The average Bonchev–Trinajstić information content (AvgIpc) is 2.13. The van der Waals surface area contributed by atoms with Crippen LogP contribution in [0.25, 0.3) is 0 Å². The van der Waals surface area contributed by atoms with Crippen molar-refractivity contribution in [1.82, 2.24) is 4.90 Å². The number of hydrogen-bond acceptors (Lipinski definition) is 2. The van der Waals surface area contributed by atoms with Gasteiger partial charge in [0.15, 0.2) is 6.23 Å². The van der Waals surface area contributed by atoms with Gasteiger partial charge in [-0.3, -0.25) is 4.90 Å². The first-order chi connectivity index (χ1) is 6.77. The molecular weight excluding hydrogens is 182 g/mol. The van der Waals surface area contributed by atoms with Crippen LogP contribution in [0, 0.1) is 0 Å². The van der Waals surface area contributed by atoms with Crippen molar-refractivity contribution in [3.05, 3.63) is 30.3 Å². The molecule has 1 heterocycles. The first-order valence-electron chi connectivity index (χ1n) is 4.48. The molecule has 1 atom stereocenters. The van der Waals surface area contributed by atoms with Gasteiger partial charge in [0.05, 0.1) is 0 Å². The molecule has 2 rings (SSSR count). The Morgan fingerprint density at radius 2 is 2.14 bits per heavy atom. The first kappa shape index (κ1) is 8.87. The van der Waals surface area contributed by atoms with Gasteiger partial charge >= 0.3 is 6.09 Å². The Labute approximate surface area is 81.7 Å². The van der Waals surface area contributed by atoms with Crippen molar-refractivity contribution < 1.29 is 14.6 Å². The molecule has 0 aliphatic carbocycles. The van der Waals surface area contributed by atoms with Crippen LogP contribution in [0.2, 0.25) is 0 Å². The third-order valence-corrected chi connectivity index (χ3v) is 2.23. The van der Waals surface area contributed by atoms with Gasteiger partial charge in [-0.05, 0) is 12.1 Å². The number of ether oxygens (including phenoxy) is 1. The minimum absolute atomic E-state index is 0.310. The highest BCUT2D eigenvalue weighted by Gasteiger charge is 2.33. The number of hydrogen-bond donors (Lipinski definition) is 1. The molecule has 1 aliphatic heterocycles. The van der Waals surface area contributed by atoms with Crippen molar-refractivity contribution in [3.63, 3.8) is 0 Å². The van der Waals surface area contributed by atoms with E-state index in [0.29, 0.717) is 12.3 Å². The van der Waals surface area contributed by atoms with Crippen molar-refractivity contribution in [2.24, 2.45) is 0 Å². The molecule has 1 N–H and O–H groups in total. The third-order valence-electron chi connectivity index (χ3n) is 2.23. The lowest BCUT2D eigenvalue weighted by Gasteiger charge is -2.38. The molecule has 1 aromatic rings. The molecule has 0 bridgehead atoms. The van der Waals surface area contributed by atoms with Crippen LogP contribution >= 0.6 is 0 Å². The Kier molecular flexibility index (Phi) is 2.26. The maximum Gasteiger partial charge on any atom is 0.410 e. The molecule has 1 amide bonds. The zero-order chi connectivity index (χ0) is 9.97. The number of benzene rings is 1. The lowest BCUT2D eigenvalue weighted by Crippen LogP contribution is -2.53. The molecule has 1 aromatic carbocycles. The van der Waals surface area contributed by atoms with Gasteiger partial charge in [-0.2, -0.15) is 0 Å². The van der Waals surface area contributed by atoms with Crippen LogP contribution in [0.4, 0.5) is 4.79 Å². The van der Waals surface area contributed by atoms with E-state index in [0.717, 1.165) is 6.42 Å². The fraction of sp³-hybridized carbons (Fsp3) is 0.300. The highest BCUT2D eigenvalue weighted by Crippen LogP contribution is 2.21. The average molecular weight is 193 g/mol. The quantitative estimate of drug-likeness (QED) is 0.778. The Morgan fingerprint density at radius 1 is 1.43 bits per heavy atom. The molecule has 0 aromatic heterocycles. The number of carboxylic acid groups (broad SMARTS) is 1. The van der Waals surface area contributed by atoms with Crippen LogP contribution in [-0.4, -0.2) is 28.9 Å². The molecule has 14 heavy (non-hydrogen) atoms. The van der Waals surface area contributed by atoms with E-state index in [4.69, 9.17) is 9.84 Å². The van der Waals surface area contributed by atoms with E-state index in [9.17, 15) is 4.79 Å². The fourth-order valence-electron chi connectivity index (χ4n) is 1.36. The zero-order valence-electron chi connectivity index (χ0n) is 7.59. The largest absolute Gasteiger partial charge is 0.470 e. The summed E-state index contributed by atoms with van der Waals surface area (Å²) in [5, 5.41) is 8.73. The summed E-state index contributed by atoms with van der Waals surface area (Å²) in [5.41, 5.74) is 0. The van der Waals surface area contributed by atoms with Crippen molar-refractivity contribution in [2.45, 2.75) is 12.6 Å². The lowest BCUT2D eigenvalue weighted by molar-refractivity contribution is -0.0372. The van der Waals surface area contributed by atoms with E-state index < -0.39 is 6.09 Å². The topological polar surface area (TPSA) is 49.8 Å². The van der Waals surface area contributed by atoms with E-state index in [1.807, 2.05) is 30.3 Å². The molecule has 1 saturated heterocycles. The highest BCUT2D eigenvalue weighted by molar-refractivity contribution is 5.66. The van der Waals surface area contributed by atoms with Gasteiger partial charge in [0.2, 0.25) is 0 Å². The minimum Gasteiger partial charge on any atom is -0.470 e. The first-order valence-corrected chi connectivity index (χ1v) is 4.48. The second kappa shape index (κ2) is 3.57. The van der Waals surface area contributed by atoms with E-state index in [2.05, 4.69) is 0 Å². The second-order valence-corrected chi connectivity index (χ2v) is 3.15. The monoisotopic (exact) mass is 193 g/mol. The maximum absolute atomic E-state index is 10.6. The summed E-state index contributed by atoms with van der Waals surface area (Å²) in [6, 6.07) is 9.25. The molecule has 0 saturated carbocycles. The van der Waals surface area contributed by atoms with E-state index in [1.54, 1.807) is 0 Å². The summed E-state index contributed by atoms with van der Waals surface area (Å²) >= 11 is 0. The summed E-state index contributed by atoms with van der Waals surface area (Å²) in [7, 11) is 0. The molecule has 0 spiro atoms. The number of carbonyl (C=O) groups is 1. The molecule has 74 valence electrons. The third kappa shape index (κ3) is 1.64. The standard InChI is InChI=1S/C10H11NO3/c12-10(13)11-7-6-9(11)14-8-4-2-1-3-5-8/h1-5,9H,6-7H2,(H,12,13). The molecule has 1 fully saturated rings. The Bertz CT molecular complexity index is 325. The zero-order valence-corrected chi connectivity index (χ0v) is 7.59. The maximum atomic E-state index is 10.6. The van der Waals surface area contributed by atoms with Gasteiger partial charge in [0.25, 0.3) is 0 Å². The minimum atomic E-state index is -0.919. The van der Waals surface area contributed by atoms with Gasteiger partial charge in [0.1, 0.15) is 5.75 Å². The van der Waals surface area contributed by atoms with Crippen molar-refractivity contribution in [3.8, 4) is 5.75 Å². The fourth-order valence-corrected chi connectivity index (χ4v) is 1.36. The number of nitrogens with zero attached hydrogens (tertiary/aromatic N) is 1. The van der Waals surface area contributed by atoms with Crippen LogP contribution in [0.3, 0.4) is 0 Å². The van der Waals surface area contributed by atoms with Gasteiger partial charge in [0, 0.05) is 13.0 Å².